The first-order chi connectivity index (χ1) is 13.6. The normalized spacial score (nSPS) is 19.9. The van der Waals surface area contributed by atoms with Crippen molar-refractivity contribution in [2.24, 2.45) is 0 Å². The Morgan fingerprint density at radius 3 is 2.79 bits per heavy atom. The predicted octanol–water partition coefficient (Wildman–Crippen LogP) is 3.60. The van der Waals surface area contributed by atoms with Crippen LogP contribution in [0, 0.1) is 6.92 Å². The molecule has 0 bridgehead atoms. The number of esters is 1. The number of nitrogens with zero attached hydrogens (tertiary/aromatic N) is 4. The smallest absolute Gasteiger partial charge is 0.328 e. The number of nitrogens with one attached hydrogen (secondary N) is 1. The molecule has 9 heteroatoms. The van der Waals surface area contributed by atoms with Crippen LogP contribution in [-0.2, 0) is 9.53 Å². The lowest BCUT2D eigenvalue weighted by Crippen LogP contribution is -2.43. The molecule has 0 unspecified atom stereocenters. The maximum Gasteiger partial charge on any atom is 0.328 e. The van der Waals surface area contributed by atoms with Gasteiger partial charge in [-0.2, -0.15) is 5.10 Å². The molecule has 1 aliphatic heterocycles. The third-order valence-corrected chi connectivity index (χ3v) is 6.68. The largest absolute Gasteiger partial charge is 0.467 e. The van der Waals surface area contributed by atoms with E-state index in [1.54, 1.807) is 0 Å². The van der Waals surface area contributed by atoms with E-state index in [0.29, 0.717) is 24.1 Å². The highest BCUT2D eigenvalue weighted by atomic mass is 32.1. The quantitative estimate of drug-likeness (QED) is 0.788. The number of ether oxygens (including phenoxy) is 1. The van der Waals surface area contributed by atoms with Gasteiger partial charge in [0.05, 0.1) is 29.9 Å². The average Bonchev–Trinajstić information content (AvgIpc) is 3.45. The molecule has 1 N–H and O–H groups in total. The lowest BCUT2D eigenvalue weighted by atomic mass is 10.2. The highest BCUT2D eigenvalue weighted by molar-refractivity contribution is 7.19. The van der Waals surface area contributed by atoms with E-state index in [0.717, 1.165) is 22.6 Å². The van der Waals surface area contributed by atoms with Crippen LogP contribution in [-0.4, -0.2) is 51.4 Å². The lowest BCUT2D eigenvalue weighted by Gasteiger charge is -2.22. The Bertz CT molecular complexity index is 871. The van der Waals surface area contributed by atoms with Crippen molar-refractivity contribution in [1.82, 2.24) is 19.7 Å². The van der Waals surface area contributed by atoms with Gasteiger partial charge in [0.15, 0.2) is 5.13 Å². The first-order valence-electron chi connectivity index (χ1n) is 9.74. The Labute approximate surface area is 167 Å². The summed E-state index contributed by atoms with van der Waals surface area (Å²) in [6, 6.07) is -0.336. The number of thiazole rings is 1. The summed E-state index contributed by atoms with van der Waals surface area (Å²) in [5.41, 5.74) is 1.88. The summed E-state index contributed by atoms with van der Waals surface area (Å²) in [6.07, 6.45) is 10.3. The van der Waals surface area contributed by atoms with Crippen LogP contribution >= 0.6 is 11.3 Å². The van der Waals surface area contributed by atoms with Crippen molar-refractivity contribution in [3.63, 3.8) is 0 Å². The van der Waals surface area contributed by atoms with Crippen LogP contribution < -0.4 is 5.32 Å². The lowest BCUT2D eigenvalue weighted by molar-refractivity contribution is -0.144. The number of amides is 2. The van der Waals surface area contributed by atoms with Crippen LogP contribution in [0.1, 0.15) is 50.3 Å². The minimum absolute atomic E-state index is 0.310. The monoisotopic (exact) mass is 403 g/mol. The maximum absolute atomic E-state index is 12.6. The number of rotatable bonds is 4. The zero-order chi connectivity index (χ0) is 19.7. The third kappa shape index (κ3) is 3.63. The summed E-state index contributed by atoms with van der Waals surface area (Å²) < 4.78 is 6.87. The van der Waals surface area contributed by atoms with E-state index < -0.39 is 6.04 Å². The molecule has 2 aliphatic rings. The van der Waals surface area contributed by atoms with Gasteiger partial charge in [-0.15, -0.1) is 0 Å². The number of hydrogen-bond acceptors (Lipinski definition) is 6. The Morgan fingerprint density at radius 1 is 1.25 bits per heavy atom. The number of anilines is 1. The minimum Gasteiger partial charge on any atom is -0.467 e. The van der Waals surface area contributed by atoms with Gasteiger partial charge in [-0.25, -0.2) is 14.6 Å². The molecule has 1 atom stereocenters. The van der Waals surface area contributed by atoms with E-state index >= 15 is 0 Å². The second-order valence-corrected chi connectivity index (χ2v) is 8.38. The molecule has 1 saturated heterocycles. The van der Waals surface area contributed by atoms with Crippen molar-refractivity contribution in [2.45, 2.75) is 57.5 Å². The fourth-order valence-electron chi connectivity index (χ4n) is 4.10. The second kappa shape index (κ2) is 7.90. The molecule has 28 heavy (non-hydrogen) atoms. The molecule has 2 aromatic heterocycles. The minimum atomic E-state index is -0.518. The molecule has 1 aliphatic carbocycles. The van der Waals surface area contributed by atoms with Gasteiger partial charge >= 0.3 is 12.0 Å². The van der Waals surface area contributed by atoms with Gasteiger partial charge in [0.25, 0.3) is 0 Å². The van der Waals surface area contributed by atoms with E-state index in [1.807, 2.05) is 13.1 Å². The Morgan fingerprint density at radius 2 is 2.04 bits per heavy atom. The molecule has 8 nitrogen and oxygen atoms in total. The number of aryl methyl sites for hydroxylation is 1. The third-order valence-electron chi connectivity index (χ3n) is 5.56. The van der Waals surface area contributed by atoms with Crippen molar-refractivity contribution in [3.8, 4) is 10.4 Å². The van der Waals surface area contributed by atoms with Gasteiger partial charge in [0.1, 0.15) is 6.04 Å². The van der Waals surface area contributed by atoms with Crippen LogP contribution in [0.25, 0.3) is 10.4 Å². The van der Waals surface area contributed by atoms with Crippen molar-refractivity contribution in [3.05, 3.63) is 18.1 Å². The van der Waals surface area contributed by atoms with Crippen LogP contribution in [0.5, 0.6) is 0 Å². The summed E-state index contributed by atoms with van der Waals surface area (Å²) in [5, 5.41) is 7.91. The fraction of sp³-hybridized carbons (Fsp3) is 0.579. The number of likely N-dealkylation sites (tertiary alicyclic amines) is 1. The van der Waals surface area contributed by atoms with Crippen molar-refractivity contribution < 1.29 is 14.3 Å². The number of methoxy groups -OCH3 is 1. The Hall–Kier alpha value is -2.42. The molecule has 4 rings (SSSR count). The topological polar surface area (TPSA) is 89.3 Å². The van der Waals surface area contributed by atoms with Gasteiger partial charge in [-0.1, -0.05) is 24.2 Å². The Balaban J connectivity index is 1.47. The molecule has 0 aromatic carbocycles. The van der Waals surface area contributed by atoms with Gasteiger partial charge in [0, 0.05) is 18.3 Å². The highest BCUT2D eigenvalue weighted by Crippen LogP contribution is 2.35. The summed E-state index contributed by atoms with van der Waals surface area (Å²) in [4.78, 5) is 31.5. The van der Waals surface area contributed by atoms with Crippen LogP contribution in [0.3, 0.4) is 0 Å². The molecule has 2 fully saturated rings. The van der Waals surface area contributed by atoms with Crippen molar-refractivity contribution >= 4 is 28.5 Å². The van der Waals surface area contributed by atoms with Gasteiger partial charge < -0.3 is 9.64 Å². The summed E-state index contributed by atoms with van der Waals surface area (Å²) in [6.45, 7) is 2.47. The molecule has 0 radical (unpaired) electrons. The molecule has 0 spiro atoms. The van der Waals surface area contributed by atoms with E-state index in [4.69, 9.17) is 4.74 Å². The van der Waals surface area contributed by atoms with Gasteiger partial charge in [0.2, 0.25) is 0 Å². The molecular weight excluding hydrogens is 378 g/mol. The Kier molecular flexibility index (Phi) is 5.34. The van der Waals surface area contributed by atoms with E-state index in [2.05, 4.69) is 26.3 Å². The number of carbonyl (C=O) groups excluding carboxylic acids is 2. The van der Waals surface area contributed by atoms with Crippen LogP contribution in [0.4, 0.5) is 9.93 Å². The van der Waals surface area contributed by atoms with Crippen LogP contribution in [0.2, 0.25) is 0 Å². The van der Waals surface area contributed by atoms with E-state index in [9.17, 15) is 9.59 Å². The molecule has 2 amide bonds. The summed E-state index contributed by atoms with van der Waals surface area (Å²) >= 11 is 1.43. The number of carbonyl (C=O) groups is 2. The SMILES string of the molecule is COC(=O)[C@@H]1CCCN1C(=O)Nc1nc(C)c(-c2cnn(C3CCCC3)c2)s1. The predicted molar refractivity (Wildman–Crippen MR) is 106 cm³/mol. The zero-order valence-corrected chi connectivity index (χ0v) is 17.0. The van der Waals surface area contributed by atoms with Gasteiger partial charge in [-0.3, -0.25) is 10.00 Å². The second-order valence-electron chi connectivity index (χ2n) is 7.39. The molecule has 2 aromatic rings. The average molecular weight is 404 g/mol. The van der Waals surface area contributed by atoms with Crippen molar-refractivity contribution in [2.75, 3.05) is 19.0 Å². The van der Waals surface area contributed by atoms with E-state index in [1.165, 1.54) is 49.0 Å². The zero-order valence-electron chi connectivity index (χ0n) is 16.2. The highest BCUT2D eigenvalue weighted by Gasteiger charge is 2.35. The molecule has 1 saturated carbocycles. The summed E-state index contributed by atoms with van der Waals surface area (Å²) in [5.74, 6) is -0.372. The van der Waals surface area contributed by atoms with Crippen LogP contribution in [0.15, 0.2) is 12.4 Å². The molecule has 3 heterocycles. The number of urea groups is 1. The van der Waals surface area contributed by atoms with Gasteiger partial charge in [-0.05, 0) is 32.6 Å². The maximum atomic E-state index is 12.6. The van der Waals surface area contributed by atoms with E-state index in [-0.39, 0.29) is 12.0 Å². The fourth-order valence-corrected chi connectivity index (χ4v) is 5.03. The number of hydrogen-bond donors (Lipinski definition) is 1. The first kappa shape index (κ1) is 18.9. The number of aromatic nitrogens is 3. The molecule has 150 valence electrons. The van der Waals surface area contributed by atoms with Crippen molar-refractivity contribution in [1.29, 1.82) is 0 Å². The molecular formula is C19H25N5O3S. The first-order valence-corrected chi connectivity index (χ1v) is 10.6. The summed E-state index contributed by atoms with van der Waals surface area (Å²) in [7, 11) is 1.35. The standard InChI is InChI=1S/C19H25N5O3S/c1-12-16(13-10-20-24(11-13)14-6-3-4-7-14)28-18(21-12)22-19(26)23-9-5-8-15(23)17(25)27-2/h10-11,14-15H,3-9H2,1-2H3,(H,21,22,26)/t15-/m0/s1.